The van der Waals surface area contributed by atoms with Crippen LogP contribution < -0.4 is 0 Å². The van der Waals surface area contributed by atoms with E-state index in [9.17, 15) is 14.9 Å². The summed E-state index contributed by atoms with van der Waals surface area (Å²) in [6, 6.07) is 5.61. The molecule has 1 aromatic carbocycles. The van der Waals surface area contributed by atoms with E-state index in [0.29, 0.717) is 5.56 Å². The van der Waals surface area contributed by atoms with Crippen molar-refractivity contribution in [1.82, 2.24) is 8.75 Å². The number of carboxylic acids is 1. The first-order chi connectivity index (χ1) is 8.09. The Kier molecular flexibility index (Phi) is 2.79. The molecule has 0 radical (unpaired) electrons. The van der Waals surface area contributed by atoms with Crippen molar-refractivity contribution in [3.8, 4) is 11.3 Å². The van der Waals surface area contributed by atoms with Crippen LogP contribution in [0.5, 0.6) is 0 Å². The molecule has 0 fully saturated rings. The van der Waals surface area contributed by atoms with Gasteiger partial charge in [-0.1, -0.05) is 12.1 Å². The van der Waals surface area contributed by atoms with Crippen LogP contribution in [-0.4, -0.2) is 24.7 Å². The molecule has 0 aliphatic rings. The van der Waals surface area contributed by atoms with Crippen LogP contribution in [0.3, 0.4) is 0 Å². The van der Waals surface area contributed by atoms with Gasteiger partial charge in [0.05, 0.1) is 16.7 Å². The number of aromatic nitrogens is 2. The van der Waals surface area contributed by atoms with Gasteiger partial charge in [0.15, 0.2) is 5.69 Å². The van der Waals surface area contributed by atoms with E-state index in [1.165, 1.54) is 18.2 Å². The van der Waals surface area contributed by atoms with Crippen molar-refractivity contribution in [2.45, 2.75) is 0 Å². The van der Waals surface area contributed by atoms with Crippen LogP contribution in [0.1, 0.15) is 10.5 Å². The molecule has 0 unspecified atom stereocenters. The monoisotopic (exact) mass is 251 g/mol. The SMILES string of the molecule is O=C(O)c1nsnc1-c1cccc([N+](=O)[O-])c1. The molecule has 0 amide bonds. The summed E-state index contributed by atoms with van der Waals surface area (Å²) < 4.78 is 7.46. The van der Waals surface area contributed by atoms with Gasteiger partial charge in [-0.05, 0) is 0 Å². The summed E-state index contributed by atoms with van der Waals surface area (Å²) in [5, 5.41) is 19.5. The minimum absolute atomic E-state index is 0.119. The zero-order valence-corrected chi connectivity index (χ0v) is 9.05. The van der Waals surface area contributed by atoms with Crippen LogP contribution in [0.2, 0.25) is 0 Å². The summed E-state index contributed by atoms with van der Waals surface area (Å²) in [4.78, 5) is 20.9. The van der Waals surface area contributed by atoms with E-state index < -0.39 is 10.9 Å². The molecule has 2 aromatic rings. The average Bonchev–Trinajstić information content (AvgIpc) is 2.78. The second-order valence-electron chi connectivity index (χ2n) is 3.07. The fourth-order valence-electron chi connectivity index (χ4n) is 1.29. The number of nitro benzene ring substituents is 1. The molecule has 1 N–H and O–H groups in total. The highest BCUT2D eigenvalue weighted by Crippen LogP contribution is 2.25. The maximum Gasteiger partial charge on any atom is 0.357 e. The molecule has 0 bridgehead atoms. The number of carbonyl (C=O) groups is 1. The molecule has 2 rings (SSSR count). The van der Waals surface area contributed by atoms with Gasteiger partial charge in [-0.15, -0.1) is 0 Å². The van der Waals surface area contributed by atoms with E-state index in [0.717, 1.165) is 11.7 Å². The number of rotatable bonds is 3. The zero-order valence-electron chi connectivity index (χ0n) is 8.23. The highest BCUT2D eigenvalue weighted by molar-refractivity contribution is 6.99. The minimum Gasteiger partial charge on any atom is -0.476 e. The van der Waals surface area contributed by atoms with Gasteiger partial charge < -0.3 is 5.11 Å². The first kappa shape index (κ1) is 11.1. The van der Waals surface area contributed by atoms with Gasteiger partial charge >= 0.3 is 5.97 Å². The summed E-state index contributed by atoms with van der Waals surface area (Å²) in [7, 11) is 0. The van der Waals surface area contributed by atoms with Gasteiger partial charge in [0.25, 0.3) is 5.69 Å². The Labute approximate surface area is 98.8 Å². The molecule has 0 saturated heterocycles. The summed E-state index contributed by atoms with van der Waals surface area (Å²) in [6.45, 7) is 0. The third kappa shape index (κ3) is 2.11. The highest BCUT2D eigenvalue weighted by atomic mass is 32.1. The Morgan fingerprint density at radius 1 is 1.41 bits per heavy atom. The Morgan fingerprint density at radius 2 is 2.18 bits per heavy atom. The number of nitro groups is 1. The Hall–Kier alpha value is -2.35. The summed E-state index contributed by atoms with van der Waals surface area (Å²) in [5.41, 5.74) is 0.193. The third-order valence-corrected chi connectivity index (χ3v) is 2.55. The molecule has 1 heterocycles. The minimum atomic E-state index is -1.21. The molecular weight excluding hydrogens is 246 g/mol. The normalized spacial score (nSPS) is 10.1. The lowest BCUT2D eigenvalue weighted by molar-refractivity contribution is -0.384. The number of nitrogens with zero attached hydrogens (tertiary/aromatic N) is 3. The van der Waals surface area contributed by atoms with Crippen LogP contribution in [-0.2, 0) is 0 Å². The van der Waals surface area contributed by atoms with Crippen molar-refractivity contribution >= 4 is 23.4 Å². The first-order valence-electron chi connectivity index (χ1n) is 4.40. The number of aromatic carboxylic acids is 1. The van der Waals surface area contributed by atoms with Crippen LogP contribution in [0.25, 0.3) is 11.3 Å². The molecule has 8 heteroatoms. The second kappa shape index (κ2) is 4.26. The van der Waals surface area contributed by atoms with Gasteiger partial charge in [-0.3, -0.25) is 10.1 Å². The second-order valence-corrected chi connectivity index (χ2v) is 3.60. The average molecular weight is 251 g/mol. The van der Waals surface area contributed by atoms with E-state index in [1.807, 2.05) is 0 Å². The molecule has 7 nitrogen and oxygen atoms in total. The van der Waals surface area contributed by atoms with E-state index in [-0.39, 0.29) is 17.1 Å². The van der Waals surface area contributed by atoms with Crippen LogP contribution in [0, 0.1) is 10.1 Å². The third-order valence-electron chi connectivity index (χ3n) is 2.02. The molecule has 0 aliphatic carbocycles. The summed E-state index contributed by atoms with van der Waals surface area (Å²) in [5.74, 6) is -1.21. The molecule has 0 aliphatic heterocycles. The first-order valence-corrected chi connectivity index (χ1v) is 5.13. The molecule has 86 valence electrons. The van der Waals surface area contributed by atoms with Gasteiger partial charge in [0.2, 0.25) is 0 Å². The van der Waals surface area contributed by atoms with Crippen LogP contribution in [0.15, 0.2) is 24.3 Å². The quantitative estimate of drug-likeness (QED) is 0.658. The van der Waals surface area contributed by atoms with Crippen molar-refractivity contribution < 1.29 is 14.8 Å². The predicted octanol–water partition coefficient (Wildman–Crippen LogP) is 1.81. The van der Waals surface area contributed by atoms with Gasteiger partial charge in [0.1, 0.15) is 5.69 Å². The number of carboxylic acid groups (broad SMARTS) is 1. The van der Waals surface area contributed by atoms with Crippen molar-refractivity contribution in [3.63, 3.8) is 0 Å². The van der Waals surface area contributed by atoms with E-state index in [1.54, 1.807) is 6.07 Å². The number of hydrogen-bond donors (Lipinski definition) is 1. The van der Waals surface area contributed by atoms with Crippen molar-refractivity contribution in [1.29, 1.82) is 0 Å². The number of benzene rings is 1. The maximum atomic E-state index is 10.8. The number of hydrogen-bond acceptors (Lipinski definition) is 6. The molecule has 17 heavy (non-hydrogen) atoms. The topological polar surface area (TPSA) is 106 Å². The van der Waals surface area contributed by atoms with E-state index in [4.69, 9.17) is 5.11 Å². The van der Waals surface area contributed by atoms with E-state index in [2.05, 4.69) is 8.75 Å². The summed E-state index contributed by atoms with van der Waals surface area (Å²) in [6.07, 6.45) is 0. The van der Waals surface area contributed by atoms with Crippen molar-refractivity contribution in [3.05, 3.63) is 40.1 Å². The van der Waals surface area contributed by atoms with Gasteiger partial charge in [-0.25, -0.2) is 4.79 Å². The van der Waals surface area contributed by atoms with E-state index >= 15 is 0 Å². The maximum absolute atomic E-state index is 10.8. The highest BCUT2D eigenvalue weighted by Gasteiger charge is 2.18. The lowest BCUT2D eigenvalue weighted by atomic mass is 10.1. The standard InChI is InChI=1S/C9H5N3O4S/c13-9(14)8-7(10-17-11-8)5-2-1-3-6(4-5)12(15)16/h1-4H,(H,13,14). The summed E-state index contributed by atoms with van der Waals surface area (Å²) >= 11 is 0.753. The van der Waals surface area contributed by atoms with Crippen molar-refractivity contribution in [2.24, 2.45) is 0 Å². The van der Waals surface area contributed by atoms with Crippen molar-refractivity contribution in [2.75, 3.05) is 0 Å². The largest absolute Gasteiger partial charge is 0.476 e. The Bertz CT molecular complexity index is 595. The zero-order chi connectivity index (χ0) is 12.4. The van der Waals surface area contributed by atoms with Crippen LogP contribution >= 0.6 is 11.7 Å². The lowest BCUT2D eigenvalue weighted by Gasteiger charge is -1.97. The fraction of sp³-hybridized carbons (Fsp3) is 0. The molecule has 0 atom stereocenters. The fourth-order valence-corrected chi connectivity index (χ4v) is 1.85. The lowest BCUT2D eigenvalue weighted by Crippen LogP contribution is -1.99. The molecule has 0 spiro atoms. The smallest absolute Gasteiger partial charge is 0.357 e. The molecule has 0 saturated carbocycles. The molecule has 1 aromatic heterocycles. The van der Waals surface area contributed by atoms with Gasteiger partial charge in [0, 0.05) is 17.7 Å². The van der Waals surface area contributed by atoms with Gasteiger partial charge in [-0.2, -0.15) is 8.75 Å². The predicted molar refractivity (Wildman–Crippen MR) is 59.0 cm³/mol. The number of non-ortho nitro benzene ring substituents is 1. The Morgan fingerprint density at radius 3 is 2.82 bits per heavy atom. The van der Waals surface area contributed by atoms with Crippen LogP contribution in [0.4, 0.5) is 5.69 Å². The Balaban J connectivity index is 2.53. The molecular formula is C9H5N3O4S.